The lowest BCUT2D eigenvalue weighted by Gasteiger charge is -2.30. The number of hydrogen-bond acceptors (Lipinski definition) is 1. The average Bonchev–Trinajstić information content (AvgIpc) is 2.37. The third kappa shape index (κ3) is 3.98. The summed E-state index contributed by atoms with van der Waals surface area (Å²) in [6.07, 6.45) is 5.00. The lowest BCUT2D eigenvalue weighted by Crippen LogP contribution is -2.43. The first kappa shape index (κ1) is 14.9. The van der Waals surface area contributed by atoms with Crippen LogP contribution in [0.5, 0.6) is 0 Å². The SMILES string of the molecule is C[C@H]1CCCC[C@H]1NC(=S)Nc1c(Cl)cccc1Cl. The van der Waals surface area contributed by atoms with Crippen LogP contribution < -0.4 is 10.6 Å². The molecule has 1 aromatic rings. The molecule has 1 aliphatic carbocycles. The highest BCUT2D eigenvalue weighted by atomic mass is 35.5. The van der Waals surface area contributed by atoms with Gasteiger partial charge in [0.25, 0.3) is 0 Å². The summed E-state index contributed by atoms with van der Waals surface area (Å²) in [7, 11) is 0. The number of rotatable bonds is 2. The Bertz CT molecular complexity index is 445. The van der Waals surface area contributed by atoms with Crippen LogP contribution in [0.15, 0.2) is 18.2 Å². The maximum atomic E-state index is 6.11. The van der Waals surface area contributed by atoms with Crippen molar-refractivity contribution in [2.24, 2.45) is 5.92 Å². The van der Waals surface area contributed by atoms with Crippen molar-refractivity contribution in [3.63, 3.8) is 0 Å². The largest absolute Gasteiger partial charge is 0.359 e. The Morgan fingerprint density at radius 1 is 1.21 bits per heavy atom. The molecule has 104 valence electrons. The lowest BCUT2D eigenvalue weighted by atomic mass is 9.86. The molecule has 2 atom stereocenters. The van der Waals surface area contributed by atoms with E-state index < -0.39 is 0 Å². The molecule has 0 spiro atoms. The normalized spacial score (nSPS) is 22.9. The highest BCUT2D eigenvalue weighted by Gasteiger charge is 2.22. The van der Waals surface area contributed by atoms with E-state index in [0.29, 0.717) is 32.8 Å². The van der Waals surface area contributed by atoms with Crippen LogP contribution in [-0.2, 0) is 0 Å². The summed E-state index contributed by atoms with van der Waals surface area (Å²) < 4.78 is 0. The van der Waals surface area contributed by atoms with Crippen LogP contribution in [0.2, 0.25) is 10.0 Å². The summed E-state index contributed by atoms with van der Waals surface area (Å²) in [5.41, 5.74) is 0.673. The maximum absolute atomic E-state index is 6.11. The number of benzene rings is 1. The molecule has 0 aliphatic heterocycles. The summed E-state index contributed by atoms with van der Waals surface area (Å²) in [5, 5.41) is 8.22. The van der Waals surface area contributed by atoms with Crippen LogP contribution in [0.4, 0.5) is 5.69 Å². The van der Waals surface area contributed by atoms with Gasteiger partial charge in [-0.15, -0.1) is 0 Å². The molecular formula is C14H18Cl2N2S. The van der Waals surface area contributed by atoms with E-state index in [1.165, 1.54) is 25.7 Å². The minimum absolute atomic E-state index is 0.440. The molecule has 2 N–H and O–H groups in total. The first-order valence-corrected chi connectivity index (χ1v) is 7.76. The van der Waals surface area contributed by atoms with Gasteiger partial charge in [-0.3, -0.25) is 0 Å². The summed E-state index contributed by atoms with van der Waals surface area (Å²) in [6.45, 7) is 2.27. The van der Waals surface area contributed by atoms with Crippen molar-refractivity contribution >= 4 is 46.2 Å². The Morgan fingerprint density at radius 2 is 1.84 bits per heavy atom. The maximum Gasteiger partial charge on any atom is 0.171 e. The van der Waals surface area contributed by atoms with E-state index in [-0.39, 0.29) is 0 Å². The summed E-state index contributed by atoms with van der Waals surface area (Å²) in [6, 6.07) is 5.84. The van der Waals surface area contributed by atoms with Crippen LogP contribution in [-0.4, -0.2) is 11.2 Å². The molecule has 5 heteroatoms. The Kier molecular flexibility index (Phi) is 5.31. The van der Waals surface area contributed by atoms with Gasteiger partial charge in [-0.2, -0.15) is 0 Å². The molecule has 19 heavy (non-hydrogen) atoms. The molecule has 1 aromatic carbocycles. The van der Waals surface area contributed by atoms with E-state index in [1.807, 2.05) is 6.07 Å². The Hall–Kier alpha value is -0.510. The molecule has 1 saturated carbocycles. The van der Waals surface area contributed by atoms with Crippen molar-refractivity contribution in [1.82, 2.24) is 5.32 Å². The first-order valence-electron chi connectivity index (χ1n) is 6.59. The molecule has 0 saturated heterocycles. The molecular weight excluding hydrogens is 299 g/mol. The van der Waals surface area contributed by atoms with E-state index in [1.54, 1.807) is 12.1 Å². The standard InChI is InChI=1S/C14H18Cl2N2S/c1-9-5-2-3-8-12(9)17-14(19)18-13-10(15)6-4-7-11(13)16/h4,6-7,9,12H,2-3,5,8H2,1H3,(H2,17,18,19)/t9-,12+/m0/s1. The molecule has 0 radical (unpaired) electrons. The van der Waals surface area contributed by atoms with Crippen molar-refractivity contribution in [3.8, 4) is 0 Å². The van der Waals surface area contributed by atoms with Gasteiger partial charge in [0.05, 0.1) is 15.7 Å². The van der Waals surface area contributed by atoms with Crippen molar-refractivity contribution < 1.29 is 0 Å². The molecule has 0 aromatic heterocycles. The zero-order chi connectivity index (χ0) is 13.8. The van der Waals surface area contributed by atoms with Gasteiger partial charge in [0.15, 0.2) is 5.11 Å². The molecule has 0 unspecified atom stereocenters. The second-order valence-corrected chi connectivity index (χ2v) is 6.29. The summed E-state index contributed by atoms with van der Waals surface area (Å²) in [5.74, 6) is 0.648. The van der Waals surface area contributed by atoms with E-state index in [2.05, 4.69) is 17.6 Å². The van der Waals surface area contributed by atoms with Crippen LogP contribution in [0.25, 0.3) is 0 Å². The third-order valence-corrected chi connectivity index (χ3v) is 4.48. The third-order valence-electron chi connectivity index (χ3n) is 3.63. The topological polar surface area (TPSA) is 24.1 Å². The van der Waals surface area contributed by atoms with Crippen LogP contribution >= 0.6 is 35.4 Å². The molecule has 0 bridgehead atoms. The Morgan fingerprint density at radius 3 is 2.47 bits per heavy atom. The van der Waals surface area contributed by atoms with Crippen molar-refractivity contribution in [1.29, 1.82) is 0 Å². The zero-order valence-corrected chi connectivity index (χ0v) is 13.2. The van der Waals surface area contributed by atoms with E-state index in [0.717, 1.165) is 0 Å². The lowest BCUT2D eigenvalue weighted by molar-refractivity contribution is 0.309. The fourth-order valence-corrected chi connectivity index (χ4v) is 3.21. The van der Waals surface area contributed by atoms with Gasteiger partial charge in [0, 0.05) is 6.04 Å². The number of halogens is 2. The number of hydrogen-bond donors (Lipinski definition) is 2. The molecule has 1 aliphatic rings. The van der Waals surface area contributed by atoms with Crippen LogP contribution in [0.3, 0.4) is 0 Å². The minimum Gasteiger partial charge on any atom is -0.359 e. The predicted molar refractivity (Wildman–Crippen MR) is 87.2 cm³/mol. The minimum atomic E-state index is 0.440. The number of nitrogens with one attached hydrogen (secondary N) is 2. The first-order chi connectivity index (χ1) is 9.08. The Balaban J connectivity index is 1.97. The smallest absolute Gasteiger partial charge is 0.171 e. The fourth-order valence-electron chi connectivity index (χ4n) is 2.47. The number of thiocarbonyl (C=S) groups is 1. The van der Waals surface area contributed by atoms with Gasteiger partial charge in [-0.05, 0) is 43.1 Å². The van der Waals surface area contributed by atoms with Gasteiger partial charge in [0.2, 0.25) is 0 Å². The number of anilines is 1. The quantitative estimate of drug-likeness (QED) is 0.762. The van der Waals surface area contributed by atoms with Crippen molar-refractivity contribution in [3.05, 3.63) is 28.2 Å². The van der Waals surface area contributed by atoms with Gasteiger partial charge >= 0.3 is 0 Å². The van der Waals surface area contributed by atoms with E-state index in [4.69, 9.17) is 35.4 Å². The molecule has 0 heterocycles. The van der Waals surface area contributed by atoms with Crippen molar-refractivity contribution in [2.75, 3.05) is 5.32 Å². The van der Waals surface area contributed by atoms with E-state index in [9.17, 15) is 0 Å². The van der Waals surface area contributed by atoms with Gasteiger partial charge in [-0.1, -0.05) is 49.0 Å². The average molecular weight is 317 g/mol. The predicted octanol–water partition coefficient (Wildman–Crippen LogP) is 4.86. The van der Waals surface area contributed by atoms with Gasteiger partial charge < -0.3 is 10.6 Å². The molecule has 1 fully saturated rings. The van der Waals surface area contributed by atoms with Crippen LogP contribution in [0.1, 0.15) is 32.6 Å². The fraction of sp³-hybridized carbons (Fsp3) is 0.500. The highest BCUT2D eigenvalue weighted by molar-refractivity contribution is 7.80. The highest BCUT2D eigenvalue weighted by Crippen LogP contribution is 2.30. The molecule has 0 amide bonds. The Labute approximate surface area is 129 Å². The van der Waals surface area contributed by atoms with Crippen LogP contribution in [0, 0.1) is 5.92 Å². The summed E-state index contributed by atoms with van der Waals surface area (Å²) in [4.78, 5) is 0. The zero-order valence-electron chi connectivity index (χ0n) is 10.9. The monoisotopic (exact) mass is 316 g/mol. The van der Waals surface area contributed by atoms with Gasteiger partial charge in [0.1, 0.15) is 0 Å². The summed E-state index contributed by atoms with van der Waals surface area (Å²) >= 11 is 17.6. The second kappa shape index (κ2) is 6.78. The van der Waals surface area contributed by atoms with Crippen molar-refractivity contribution in [2.45, 2.75) is 38.6 Å². The molecule has 2 rings (SSSR count). The second-order valence-electron chi connectivity index (χ2n) is 5.06. The van der Waals surface area contributed by atoms with Gasteiger partial charge in [-0.25, -0.2) is 0 Å². The van der Waals surface area contributed by atoms with E-state index >= 15 is 0 Å². The molecule has 2 nitrogen and oxygen atoms in total. The number of para-hydroxylation sites is 1.